The lowest BCUT2D eigenvalue weighted by atomic mass is 9.92. The molecule has 1 aliphatic rings. The zero-order valence-electron chi connectivity index (χ0n) is 17.5. The monoisotopic (exact) mass is 430 g/mol. The summed E-state index contributed by atoms with van der Waals surface area (Å²) >= 11 is 0. The van der Waals surface area contributed by atoms with Crippen molar-refractivity contribution in [1.29, 1.82) is 0 Å². The van der Waals surface area contributed by atoms with Crippen molar-refractivity contribution in [3.8, 4) is 11.3 Å². The van der Waals surface area contributed by atoms with Crippen LogP contribution >= 0.6 is 0 Å². The van der Waals surface area contributed by atoms with E-state index in [-0.39, 0.29) is 29.2 Å². The number of aryl methyl sites for hydroxylation is 1. The molecular weight excluding hydrogens is 406 g/mol. The molecule has 4 rings (SSSR count). The number of rotatable bonds is 6. The van der Waals surface area contributed by atoms with E-state index in [1.54, 1.807) is 35.9 Å². The van der Waals surface area contributed by atoms with Crippen LogP contribution in [0.25, 0.3) is 16.9 Å². The lowest BCUT2D eigenvalue weighted by Gasteiger charge is -2.23. The number of carbonyl (C=O) groups excluding carboxylic acids is 1. The molecule has 2 heterocycles. The number of aliphatic hydroxyl groups is 1. The third-order valence-electron chi connectivity index (χ3n) is 5.82. The van der Waals surface area contributed by atoms with Gasteiger partial charge in [0.1, 0.15) is 5.60 Å². The topological polar surface area (TPSA) is 103 Å². The Kier molecular flexibility index (Phi) is 5.17. The molecule has 0 amide bonds. The fourth-order valence-electron chi connectivity index (χ4n) is 3.78. The van der Waals surface area contributed by atoms with Crippen molar-refractivity contribution in [3.63, 3.8) is 0 Å². The minimum Gasteiger partial charge on any atom is -0.466 e. The molecule has 2 aromatic heterocycles. The molecule has 0 radical (unpaired) electrons. The van der Waals surface area contributed by atoms with E-state index in [9.17, 15) is 18.7 Å². The highest BCUT2D eigenvalue weighted by Crippen LogP contribution is 2.48. The predicted octanol–water partition coefficient (Wildman–Crippen LogP) is 3.43. The van der Waals surface area contributed by atoms with Crippen molar-refractivity contribution >= 4 is 17.4 Å². The summed E-state index contributed by atoms with van der Waals surface area (Å²) in [6.45, 7) is 5.01. The highest BCUT2D eigenvalue weighted by Gasteiger charge is 2.46. The number of nitrogens with two attached hydrogens (primary N) is 1. The second kappa shape index (κ2) is 7.56. The van der Waals surface area contributed by atoms with E-state index in [2.05, 4.69) is 9.97 Å². The van der Waals surface area contributed by atoms with Gasteiger partial charge in [-0.2, -0.15) is 0 Å². The van der Waals surface area contributed by atoms with Crippen LogP contribution in [0, 0.1) is 12.8 Å². The Morgan fingerprint density at radius 1 is 1.45 bits per heavy atom. The normalized spacial score (nSPS) is 20.1. The molecule has 1 aromatic carbocycles. The van der Waals surface area contributed by atoms with Crippen LogP contribution in [0.2, 0.25) is 0 Å². The summed E-state index contributed by atoms with van der Waals surface area (Å²) in [6.07, 6.45) is 1.06. The van der Waals surface area contributed by atoms with Crippen molar-refractivity contribution in [1.82, 2.24) is 14.4 Å². The van der Waals surface area contributed by atoms with Crippen molar-refractivity contribution in [3.05, 3.63) is 47.4 Å². The maximum absolute atomic E-state index is 13.4. The van der Waals surface area contributed by atoms with Crippen LogP contribution in [-0.4, -0.2) is 38.5 Å². The highest BCUT2D eigenvalue weighted by molar-refractivity contribution is 5.77. The Bertz CT molecular complexity index is 1160. The van der Waals surface area contributed by atoms with Crippen molar-refractivity contribution in [2.45, 2.75) is 45.1 Å². The summed E-state index contributed by atoms with van der Waals surface area (Å²) in [5, 5.41) is 10.2. The summed E-state index contributed by atoms with van der Waals surface area (Å²) in [4.78, 5) is 20.8. The van der Waals surface area contributed by atoms with Gasteiger partial charge < -0.3 is 15.6 Å². The molecule has 1 aliphatic carbocycles. The molecule has 0 aliphatic heterocycles. The Hall–Kier alpha value is -3.07. The second-order valence-corrected chi connectivity index (χ2v) is 8.07. The second-order valence-electron chi connectivity index (χ2n) is 8.07. The van der Waals surface area contributed by atoms with Gasteiger partial charge in [0.25, 0.3) is 6.43 Å². The molecule has 0 spiro atoms. The molecule has 3 aromatic rings. The standard InChI is InChI=1S/C22H24F2N4O3/c1-4-31-20(29)15-8-14(15)16-10-28-17(9-26-19(28)18(25)27-16)13-7-12(6-5-11(13)2)22(3,30)21(23)24/h5-7,9-10,14-15,21,30H,4,8H2,1-3H3,(H2,25,27)/t14?,15?,22-/m1/s1. The van der Waals surface area contributed by atoms with Gasteiger partial charge in [0.2, 0.25) is 0 Å². The quantitative estimate of drug-likeness (QED) is 0.581. The molecule has 31 heavy (non-hydrogen) atoms. The van der Waals surface area contributed by atoms with Gasteiger partial charge in [0, 0.05) is 17.7 Å². The van der Waals surface area contributed by atoms with Gasteiger partial charge in [0.05, 0.1) is 30.1 Å². The molecule has 0 saturated heterocycles. The van der Waals surface area contributed by atoms with Crippen LogP contribution in [-0.2, 0) is 15.1 Å². The van der Waals surface area contributed by atoms with Crippen LogP contribution < -0.4 is 5.73 Å². The van der Waals surface area contributed by atoms with E-state index in [1.165, 1.54) is 6.07 Å². The third kappa shape index (κ3) is 3.63. The molecule has 164 valence electrons. The minimum atomic E-state index is -2.94. The van der Waals surface area contributed by atoms with E-state index in [4.69, 9.17) is 10.5 Å². The van der Waals surface area contributed by atoms with Crippen molar-refractivity contribution in [2.24, 2.45) is 5.92 Å². The fraction of sp³-hybridized carbons (Fsp3) is 0.409. The Balaban J connectivity index is 1.78. The molecule has 2 unspecified atom stereocenters. The average Bonchev–Trinajstić information content (AvgIpc) is 3.41. The van der Waals surface area contributed by atoms with Crippen LogP contribution in [0.4, 0.5) is 14.6 Å². The Labute approximate surface area is 177 Å². The third-order valence-corrected chi connectivity index (χ3v) is 5.82. The zero-order chi connectivity index (χ0) is 22.5. The largest absolute Gasteiger partial charge is 0.466 e. The van der Waals surface area contributed by atoms with Gasteiger partial charge >= 0.3 is 5.97 Å². The summed E-state index contributed by atoms with van der Waals surface area (Å²) in [5.74, 6) is -0.376. The van der Waals surface area contributed by atoms with E-state index < -0.39 is 12.0 Å². The van der Waals surface area contributed by atoms with E-state index in [1.807, 2.05) is 6.92 Å². The number of halogens is 2. The maximum atomic E-state index is 13.4. The van der Waals surface area contributed by atoms with E-state index in [0.29, 0.717) is 35.6 Å². The maximum Gasteiger partial charge on any atom is 0.309 e. The number of hydrogen-bond donors (Lipinski definition) is 2. The number of ether oxygens (including phenoxy) is 1. The first-order valence-electron chi connectivity index (χ1n) is 10.1. The summed E-state index contributed by atoms with van der Waals surface area (Å²) in [5.41, 5.74) is 7.11. The van der Waals surface area contributed by atoms with Crippen LogP contribution in [0.15, 0.2) is 30.6 Å². The zero-order valence-corrected chi connectivity index (χ0v) is 17.5. The number of imidazole rings is 1. The summed E-state index contributed by atoms with van der Waals surface area (Å²) in [6, 6.07) is 4.72. The molecule has 1 saturated carbocycles. The van der Waals surface area contributed by atoms with E-state index in [0.717, 1.165) is 12.5 Å². The number of esters is 1. The number of nitrogen functional groups attached to an aromatic ring is 1. The summed E-state index contributed by atoms with van der Waals surface area (Å²) in [7, 11) is 0. The predicted molar refractivity (Wildman–Crippen MR) is 111 cm³/mol. The average molecular weight is 430 g/mol. The van der Waals surface area contributed by atoms with Gasteiger partial charge in [-0.25, -0.2) is 18.7 Å². The number of nitrogens with zero attached hydrogens (tertiary/aromatic N) is 3. The first-order valence-corrected chi connectivity index (χ1v) is 10.1. The minimum absolute atomic E-state index is 0.0898. The smallest absolute Gasteiger partial charge is 0.309 e. The number of fused-ring (bicyclic) bond motifs is 1. The molecule has 1 fully saturated rings. The van der Waals surface area contributed by atoms with Gasteiger partial charge in [-0.3, -0.25) is 9.20 Å². The molecular formula is C22H24F2N4O3. The van der Waals surface area contributed by atoms with Crippen molar-refractivity contribution in [2.75, 3.05) is 12.3 Å². The Morgan fingerprint density at radius 3 is 2.87 bits per heavy atom. The number of aromatic nitrogens is 3. The van der Waals surface area contributed by atoms with Gasteiger partial charge in [-0.05, 0) is 44.4 Å². The van der Waals surface area contributed by atoms with Crippen molar-refractivity contribution < 1.29 is 23.4 Å². The number of benzene rings is 1. The molecule has 3 N–H and O–H groups in total. The number of alkyl halides is 2. The molecule has 3 atom stereocenters. The SMILES string of the molecule is CCOC(=O)C1CC1c1cn2c(-c3cc([C@@](C)(O)C(F)F)ccc3C)cnc2c(N)n1. The fourth-order valence-corrected chi connectivity index (χ4v) is 3.78. The lowest BCUT2D eigenvalue weighted by Crippen LogP contribution is -2.30. The highest BCUT2D eigenvalue weighted by atomic mass is 19.3. The number of carbonyl (C=O) groups is 1. The van der Waals surface area contributed by atoms with Gasteiger partial charge in [0.15, 0.2) is 11.5 Å². The van der Waals surface area contributed by atoms with Crippen LogP contribution in [0.1, 0.15) is 43.0 Å². The molecule has 7 nitrogen and oxygen atoms in total. The lowest BCUT2D eigenvalue weighted by molar-refractivity contribution is -0.144. The Morgan fingerprint density at radius 2 is 2.19 bits per heavy atom. The first kappa shape index (κ1) is 21.2. The molecule has 9 heteroatoms. The molecule has 0 bridgehead atoms. The first-order chi connectivity index (χ1) is 14.6. The van der Waals surface area contributed by atoms with Gasteiger partial charge in [-0.1, -0.05) is 12.1 Å². The summed E-state index contributed by atoms with van der Waals surface area (Å²) < 4.78 is 33.6. The van der Waals surface area contributed by atoms with Crippen LogP contribution in [0.3, 0.4) is 0 Å². The van der Waals surface area contributed by atoms with Crippen LogP contribution in [0.5, 0.6) is 0 Å². The number of hydrogen-bond acceptors (Lipinski definition) is 6. The van der Waals surface area contributed by atoms with E-state index >= 15 is 0 Å². The number of anilines is 1. The van der Waals surface area contributed by atoms with Gasteiger partial charge in [-0.15, -0.1) is 0 Å².